The summed E-state index contributed by atoms with van der Waals surface area (Å²) in [7, 11) is 5.28. The molecule has 0 nitrogen and oxygen atoms in total. The first kappa shape index (κ1) is 17.5. The van der Waals surface area contributed by atoms with Gasteiger partial charge in [0.25, 0.3) is 0 Å². The van der Waals surface area contributed by atoms with Crippen LogP contribution in [-0.4, -0.2) is 14.6 Å². The van der Waals surface area contributed by atoms with E-state index in [9.17, 15) is 0 Å². The Labute approximate surface area is 135 Å². The van der Waals surface area contributed by atoms with Gasteiger partial charge in [-0.15, -0.1) is 0 Å². The van der Waals surface area contributed by atoms with Crippen molar-refractivity contribution in [3.8, 4) is 0 Å². The van der Waals surface area contributed by atoms with Crippen LogP contribution in [0.5, 0.6) is 0 Å². The molecule has 2 saturated heterocycles. The maximum atomic E-state index is 2.64. The van der Waals surface area contributed by atoms with Gasteiger partial charge < -0.3 is 0 Å². The third-order valence-corrected chi connectivity index (χ3v) is 7.78. The molecule has 2 radical (unpaired) electrons. The molecule has 118 valence electrons. The van der Waals surface area contributed by atoms with Gasteiger partial charge in [-0.1, -0.05) is 78.7 Å². The molecule has 21 heavy (non-hydrogen) atoms. The van der Waals surface area contributed by atoms with Crippen molar-refractivity contribution in [1.29, 1.82) is 0 Å². The molecule has 10 unspecified atom stereocenters. The van der Waals surface area contributed by atoms with Gasteiger partial charge in [-0.05, 0) is 41.9 Å². The summed E-state index contributed by atoms with van der Waals surface area (Å²) in [5.41, 5.74) is 0. The number of hydrogen-bond acceptors (Lipinski definition) is 0. The highest BCUT2D eigenvalue weighted by molar-refractivity contribution is 6.40. The van der Waals surface area contributed by atoms with Crippen molar-refractivity contribution in [3.05, 3.63) is 0 Å². The van der Waals surface area contributed by atoms with Gasteiger partial charge in [-0.2, -0.15) is 0 Å². The molecule has 0 aromatic heterocycles. The summed E-state index contributed by atoms with van der Waals surface area (Å²) in [5.74, 6) is 8.38. The standard InChI is InChI=1S/C19H36B2/c1-10-12(3)18(16(7)20-14(10)5)9-19-13(4)11(2)15(6)21-17(19)8/h10-19H,9H2,1-8H3. The van der Waals surface area contributed by atoms with Crippen LogP contribution in [0.3, 0.4) is 0 Å². The lowest BCUT2D eigenvalue weighted by Crippen LogP contribution is -2.41. The molecule has 10 atom stereocenters. The van der Waals surface area contributed by atoms with E-state index in [1.165, 1.54) is 6.42 Å². The van der Waals surface area contributed by atoms with Crippen LogP contribution in [0.2, 0.25) is 23.3 Å². The Morgan fingerprint density at radius 3 is 1.14 bits per heavy atom. The van der Waals surface area contributed by atoms with E-state index in [2.05, 4.69) is 69.9 Å². The average Bonchev–Trinajstić information content (AvgIpc) is 2.42. The monoisotopic (exact) mass is 286 g/mol. The first-order valence-corrected chi connectivity index (χ1v) is 9.44. The van der Waals surface area contributed by atoms with Crippen LogP contribution in [0.1, 0.15) is 61.8 Å². The fourth-order valence-electron chi connectivity index (χ4n) is 5.46. The third kappa shape index (κ3) is 3.40. The van der Waals surface area contributed by atoms with Crippen LogP contribution >= 0.6 is 0 Å². The molecule has 0 bridgehead atoms. The van der Waals surface area contributed by atoms with Crippen LogP contribution in [0, 0.1) is 35.5 Å². The quantitative estimate of drug-likeness (QED) is 0.561. The fourth-order valence-corrected chi connectivity index (χ4v) is 5.46. The molecular weight excluding hydrogens is 250 g/mol. The van der Waals surface area contributed by atoms with Gasteiger partial charge >= 0.3 is 0 Å². The normalized spacial score (nSPS) is 54.7. The molecule has 2 aliphatic rings. The van der Waals surface area contributed by atoms with E-state index in [0.717, 1.165) is 58.8 Å². The second-order valence-corrected chi connectivity index (χ2v) is 8.82. The molecule has 2 aliphatic heterocycles. The Kier molecular flexibility index (Phi) is 5.59. The first-order chi connectivity index (χ1) is 9.73. The van der Waals surface area contributed by atoms with Crippen LogP contribution in [-0.2, 0) is 0 Å². The van der Waals surface area contributed by atoms with Crippen molar-refractivity contribution in [1.82, 2.24) is 0 Å². The molecule has 0 aromatic carbocycles. The lowest BCUT2D eigenvalue weighted by molar-refractivity contribution is 0.136. The van der Waals surface area contributed by atoms with Gasteiger partial charge in [-0.25, -0.2) is 0 Å². The molecule has 0 saturated carbocycles. The van der Waals surface area contributed by atoms with Gasteiger partial charge in [0.15, 0.2) is 0 Å². The summed E-state index contributed by atoms with van der Waals surface area (Å²) >= 11 is 0. The number of rotatable bonds is 2. The van der Waals surface area contributed by atoms with Crippen molar-refractivity contribution in [2.75, 3.05) is 0 Å². The van der Waals surface area contributed by atoms with E-state index in [1.807, 2.05) is 0 Å². The van der Waals surface area contributed by atoms with E-state index in [4.69, 9.17) is 0 Å². The highest BCUT2D eigenvalue weighted by Crippen LogP contribution is 2.51. The minimum absolute atomic E-state index is 0.790. The molecule has 0 N–H and O–H groups in total. The molecule has 0 aliphatic carbocycles. The zero-order chi connectivity index (χ0) is 15.9. The zero-order valence-corrected chi connectivity index (χ0v) is 15.6. The van der Waals surface area contributed by atoms with Crippen molar-refractivity contribution in [2.24, 2.45) is 35.5 Å². The van der Waals surface area contributed by atoms with Crippen molar-refractivity contribution < 1.29 is 0 Å². The van der Waals surface area contributed by atoms with Crippen LogP contribution in [0.4, 0.5) is 0 Å². The Morgan fingerprint density at radius 2 is 0.810 bits per heavy atom. The molecule has 0 spiro atoms. The lowest BCUT2D eigenvalue weighted by Gasteiger charge is -2.48. The minimum atomic E-state index is 0.790. The summed E-state index contributed by atoms with van der Waals surface area (Å²) in [6.07, 6.45) is 1.44. The molecule has 2 fully saturated rings. The molecule has 0 amide bonds. The van der Waals surface area contributed by atoms with Crippen LogP contribution < -0.4 is 0 Å². The van der Waals surface area contributed by atoms with E-state index in [-0.39, 0.29) is 0 Å². The highest BCUT2D eigenvalue weighted by Gasteiger charge is 2.42. The van der Waals surface area contributed by atoms with E-state index in [0.29, 0.717) is 0 Å². The molecule has 2 rings (SSSR count). The lowest BCUT2D eigenvalue weighted by atomic mass is 9.38. The Balaban J connectivity index is 2.09. The Hall–Kier alpha value is 0.130. The predicted octanol–water partition coefficient (Wildman–Crippen LogP) is 5.82. The average molecular weight is 286 g/mol. The van der Waals surface area contributed by atoms with Crippen LogP contribution in [0.25, 0.3) is 0 Å². The van der Waals surface area contributed by atoms with E-state index in [1.54, 1.807) is 0 Å². The third-order valence-electron chi connectivity index (χ3n) is 7.78. The first-order valence-electron chi connectivity index (χ1n) is 9.44. The van der Waals surface area contributed by atoms with Crippen molar-refractivity contribution in [3.63, 3.8) is 0 Å². The topological polar surface area (TPSA) is 0 Å². The Morgan fingerprint density at radius 1 is 0.476 bits per heavy atom. The molecular formula is C19H36B2. The maximum absolute atomic E-state index is 2.64. The van der Waals surface area contributed by atoms with Crippen LogP contribution in [0.15, 0.2) is 0 Å². The second-order valence-electron chi connectivity index (χ2n) is 8.82. The highest BCUT2D eigenvalue weighted by atomic mass is 14.4. The summed E-state index contributed by atoms with van der Waals surface area (Å²) in [6.45, 7) is 19.7. The molecule has 2 heterocycles. The van der Waals surface area contributed by atoms with Gasteiger partial charge in [0.2, 0.25) is 0 Å². The maximum Gasteiger partial charge on any atom is 0.117 e. The fraction of sp³-hybridized carbons (Fsp3) is 1.00. The summed E-state index contributed by atoms with van der Waals surface area (Å²) in [5, 5.41) is 0. The smallest absolute Gasteiger partial charge is 0.0694 e. The van der Waals surface area contributed by atoms with E-state index >= 15 is 0 Å². The van der Waals surface area contributed by atoms with Gasteiger partial charge in [0.05, 0.1) is 0 Å². The van der Waals surface area contributed by atoms with Gasteiger partial charge in [0, 0.05) is 0 Å². The predicted molar refractivity (Wildman–Crippen MR) is 97.5 cm³/mol. The van der Waals surface area contributed by atoms with E-state index < -0.39 is 0 Å². The molecule has 2 heteroatoms. The van der Waals surface area contributed by atoms with Crippen molar-refractivity contribution >= 4 is 14.6 Å². The summed E-state index contributed by atoms with van der Waals surface area (Å²) in [6, 6.07) is 0. The zero-order valence-electron chi connectivity index (χ0n) is 15.6. The summed E-state index contributed by atoms with van der Waals surface area (Å²) in [4.78, 5) is 0. The summed E-state index contributed by atoms with van der Waals surface area (Å²) < 4.78 is 0. The number of hydrogen-bond donors (Lipinski definition) is 0. The largest absolute Gasteiger partial charge is 0.117 e. The minimum Gasteiger partial charge on any atom is -0.0694 e. The Bertz CT molecular complexity index is 310. The van der Waals surface area contributed by atoms with Gasteiger partial charge in [-0.3, -0.25) is 0 Å². The second kappa shape index (κ2) is 6.71. The van der Waals surface area contributed by atoms with Crippen molar-refractivity contribution in [2.45, 2.75) is 85.1 Å². The molecule has 0 aromatic rings. The van der Waals surface area contributed by atoms with Gasteiger partial charge in [0.1, 0.15) is 14.6 Å². The SMILES string of the molecule is CC1[B]C(C)C(CC2C(C)[B]C(C)C(C)C2C)C(C)C1C.